The fraction of sp³-hybridized carbons (Fsp3) is 0.407. The number of aryl methyl sites for hydroxylation is 1. The van der Waals surface area contributed by atoms with E-state index in [0.29, 0.717) is 28.5 Å². The Morgan fingerprint density at radius 1 is 1.21 bits per heavy atom. The van der Waals surface area contributed by atoms with Crippen LogP contribution in [0.25, 0.3) is 16.6 Å². The number of aromatic amines is 1. The fourth-order valence-electron chi connectivity index (χ4n) is 4.79. The summed E-state index contributed by atoms with van der Waals surface area (Å²) in [5.41, 5.74) is 3.92. The number of anilines is 2. The van der Waals surface area contributed by atoms with Crippen LogP contribution in [-0.4, -0.2) is 55.3 Å². The van der Waals surface area contributed by atoms with Crippen LogP contribution >= 0.6 is 0 Å². The fourth-order valence-corrected chi connectivity index (χ4v) is 4.79. The summed E-state index contributed by atoms with van der Waals surface area (Å²) in [6.45, 7) is 0.372. The van der Waals surface area contributed by atoms with Crippen LogP contribution in [0.3, 0.4) is 0 Å². The molecule has 39 heavy (non-hydrogen) atoms. The van der Waals surface area contributed by atoms with Gasteiger partial charge in [-0.25, -0.2) is 9.61 Å². The molecule has 1 saturated carbocycles. The van der Waals surface area contributed by atoms with Crippen molar-refractivity contribution in [1.29, 1.82) is 0 Å². The molecule has 0 atom stereocenters. The number of nitrogens with one attached hydrogen (secondary N) is 2. The van der Waals surface area contributed by atoms with E-state index in [1.165, 1.54) is 0 Å². The number of aliphatic hydroxyl groups excluding tert-OH is 1. The highest BCUT2D eigenvalue weighted by atomic mass is 19.3. The predicted octanol–water partition coefficient (Wildman–Crippen LogP) is 4.30. The third-order valence-corrected chi connectivity index (χ3v) is 6.91. The van der Waals surface area contributed by atoms with Gasteiger partial charge in [-0.1, -0.05) is 0 Å². The van der Waals surface area contributed by atoms with Crippen LogP contribution in [0.2, 0.25) is 0 Å². The van der Waals surface area contributed by atoms with Gasteiger partial charge in [-0.15, -0.1) is 0 Å². The summed E-state index contributed by atoms with van der Waals surface area (Å²) in [4.78, 5) is 16.5. The molecule has 1 aliphatic carbocycles. The number of rotatable bonds is 9. The number of aromatic nitrogens is 5. The van der Waals surface area contributed by atoms with E-state index < -0.39 is 12.2 Å². The number of hydrogen-bond acceptors (Lipinski definition) is 8. The van der Waals surface area contributed by atoms with Gasteiger partial charge in [0, 0.05) is 41.1 Å². The second-order valence-corrected chi connectivity index (χ2v) is 9.70. The Morgan fingerprint density at radius 2 is 2.00 bits per heavy atom. The molecule has 4 aromatic heterocycles. The van der Waals surface area contributed by atoms with E-state index in [1.807, 2.05) is 37.4 Å². The smallest absolute Gasteiger partial charge is 0.345 e. The van der Waals surface area contributed by atoms with Gasteiger partial charge in [-0.2, -0.15) is 19.0 Å². The van der Waals surface area contributed by atoms with E-state index in [1.54, 1.807) is 17.6 Å². The van der Waals surface area contributed by atoms with Gasteiger partial charge in [0.05, 0.1) is 30.5 Å². The number of alkyl halides is 2. The highest BCUT2D eigenvalue weighted by Crippen LogP contribution is 2.34. The summed E-state index contributed by atoms with van der Waals surface area (Å²) in [6, 6.07) is 7.72. The van der Waals surface area contributed by atoms with Gasteiger partial charge in [0.25, 0.3) is 5.56 Å². The quantitative estimate of drug-likeness (QED) is 0.287. The van der Waals surface area contributed by atoms with Crippen molar-refractivity contribution in [2.24, 2.45) is 0 Å². The zero-order valence-electron chi connectivity index (χ0n) is 21.7. The highest BCUT2D eigenvalue weighted by molar-refractivity contribution is 5.75. The second kappa shape index (κ2) is 11.5. The lowest BCUT2D eigenvalue weighted by Gasteiger charge is -2.27. The van der Waals surface area contributed by atoms with Crippen LogP contribution in [0, 0.1) is 13.8 Å². The Morgan fingerprint density at radius 3 is 2.77 bits per heavy atom. The third kappa shape index (κ3) is 6.23. The second-order valence-electron chi connectivity index (χ2n) is 9.70. The molecule has 0 saturated heterocycles. The Labute approximate surface area is 223 Å². The van der Waals surface area contributed by atoms with Crippen molar-refractivity contribution in [1.82, 2.24) is 24.8 Å². The van der Waals surface area contributed by atoms with Crippen molar-refractivity contribution in [2.75, 3.05) is 11.9 Å². The highest BCUT2D eigenvalue weighted by Gasteiger charge is 2.22. The van der Waals surface area contributed by atoms with E-state index >= 15 is 0 Å². The molecule has 0 aliphatic heterocycles. The molecule has 0 aromatic carbocycles. The molecule has 0 unspecified atom stereocenters. The van der Waals surface area contributed by atoms with Gasteiger partial charge < -0.3 is 19.9 Å². The standard InChI is InChI=1S/C27H30F2N6O4/c1-15-11-22(23(14-30-15)39-20-5-3-19(36)4-6-20)17-7-9-35-18(12-17)13-24(34-35)31-25-21(8-10-38-27(28)29)16(2)26(37)33-32-25/h7,9,11-14,19-20,27,36H,3-6,8,10H2,1-2H3,(H,33,37)(H,31,32,34). The SMILES string of the molecule is Cc1cc(-c2ccn3nc(Nc4n[nH]c(=O)c(C)c4CCOC(F)F)cc3c2)c(OC2CCC(O)CC2)cn1. The summed E-state index contributed by atoms with van der Waals surface area (Å²) in [5, 5.41) is 23.9. The molecule has 12 heteroatoms. The number of hydrogen-bond donors (Lipinski definition) is 3. The first-order valence-electron chi connectivity index (χ1n) is 12.8. The Kier molecular flexibility index (Phi) is 7.84. The van der Waals surface area contributed by atoms with Crippen LogP contribution < -0.4 is 15.6 Å². The molecular weight excluding hydrogens is 510 g/mol. The molecule has 0 amide bonds. The Bertz CT molecular complexity index is 1510. The minimum Gasteiger partial charge on any atom is -0.488 e. The van der Waals surface area contributed by atoms with E-state index in [4.69, 9.17) is 4.74 Å². The van der Waals surface area contributed by atoms with Gasteiger partial charge in [0.2, 0.25) is 0 Å². The third-order valence-electron chi connectivity index (χ3n) is 6.91. The minimum atomic E-state index is -2.89. The lowest BCUT2D eigenvalue weighted by Crippen LogP contribution is -2.26. The summed E-state index contributed by atoms with van der Waals surface area (Å²) in [5.74, 6) is 1.46. The van der Waals surface area contributed by atoms with E-state index in [2.05, 4.69) is 30.3 Å². The van der Waals surface area contributed by atoms with E-state index in [9.17, 15) is 18.7 Å². The number of ether oxygens (including phenoxy) is 2. The Hall–Kier alpha value is -3.90. The molecule has 1 fully saturated rings. The summed E-state index contributed by atoms with van der Waals surface area (Å²) >= 11 is 0. The van der Waals surface area contributed by atoms with Gasteiger partial charge in [-0.05, 0) is 63.3 Å². The van der Waals surface area contributed by atoms with Crippen LogP contribution in [-0.2, 0) is 11.2 Å². The first-order chi connectivity index (χ1) is 18.8. The molecule has 0 radical (unpaired) electrons. The number of halogens is 2. The van der Waals surface area contributed by atoms with Crippen LogP contribution in [0.5, 0.6) is 5.75 Å². The lowest BCUT2D eigenvalue weighted by molar-refractivity contribution is -0.127. The van der Waals surface area contributed by atoms with Crippen molar-refractivity contribution in [3.8, 4) is 16.9 Å². The van der Waals surface area contributed by atoms with Crippen LogP contribution in [0.4, 0.5) is 20.4 Å². The van der Waals surface area contributed by atoms with Gasteiger partial charge >= 0.3 is 6.61 Å². The largest absolute Gasteiger partial charge is 0.488 e. The number of fused-ring (bicyclic) bond motifs is 1. The summed E-state index contributed by atoms with van der Waals surface area (Å²) in [7, 11) is 0. The molecule has 206 valence electrons. The minimum absolute atomic E-state index is 0.0275. The zero-order valence-corrected chi connectivity index (χ0v) is 21.7. The molecule has 4 heterocycles. The first-order valence-corrected chi connectivity index (χ1v) is 12.8. The monoisotopic (exact) mass is 540 g/mol. The summed E-state index contributed by atoms with van der Waals surface area (Å²) in [6.07, 6.45) is 6.45. The van der Waals surface area contributed by atoms with Crippen LogP contribution in [0.15, 0.2) is 41.5 Å². The molecule has 10 nitrogen and oxygen atoms in total. The molecule has 5 rings (SSSR count). The molecular formula is C27H30F2N6O4. The average Bonchev–Trinajstić information content (AvgIpc) is 3.31. The molecule has 0 spiro atoms. The Balaban J connectivity index is 1.41. The molecule has 3 N–H and O–H groups in total. The maximum atomic E-state index is 12.5. The molecule has 4 aromatic rings. The average molecular weight is 541 g/mol. The van der Waals surface area contributed by atoms with Gasteiger partial charge in [-0.3, -0.25) is 9.78 Å². The maximum Gasteiger partial charge on any atom is 0.345 e. The van der Waals surface area contributed by atoms with Gasteiger partial charge in [0.1, 0.15) is 5.75 Å². The zero-order chi connectivity index (χ0) is 27.5. The molecule has 1 aliphatic rings. The van der Waals surface area contributed by atoms with Crippen molar-refractivity contribution in [3.05, 3.63) is 63.8 Å². The topological polar surface area (TPSA) is 127 Å². The van der Waals surface area contributed by atoms with Crippen molar-refractivity contribution >= 4 is 17.2 Å². The molecule has 0 bridgehead atoms. The number of nitrogens with zero attached hydrogens (tertiary/aromatic N) is 4. The number of H-pyrrole nitrogens is 1. The number of pyridine rings is 2. The van der Waals surface area contributed by atoms with E-state index in [-0.39, 0.29) is 25.2 Å². The predicted molar refractivity (Wildman–Crippen MR) is 141 cm³/mol. The van der Waals surface area contributed by atoms with Crippen LogP contribution in [0.1, 0.15) is 42.5 Å². The van der Waals surface area contributed by atoms with Gasteiger partial charge in [0.15, 0.2) is 11.6 Å². The lowest BCUT2D eigenvalue weighted by atomic mass is 9.95. The van der Waals surface area contributed by atoms with Crippen molar-refractivity contribution in [3.63, 3.8) is 0 Å². The maximum absolute atomic E-state index is 12.5. The summed E-state index contributed by atoms with van der Waals surface area (Å²) < 4.78 is 37.3. The normalized spacial score (nSPS) is 17.6. The van der Waals surface area contributed by atoms with Crippen molar-refractivity contribution in [2.45, 2.75) is 64.8 Å². The van der Waals surface area contributed by atoms with Crippen molar-refractivity contribution < 1.29 is 23.4 Å². The first kappa shape index (κ1) is 26.7. The number of aliphatic hydroxyl groups is 1. The van der Waals surface area contributed by atoms with E-state index in [0.717, 1.165) is 48.0 Å².